The van der Waals surface area contributed by atoms with E-state index in [4.69, 9.17) is 4.74 Å². The van der Waals surface area contributed by atoms with Gasteiger partial charge in [-0.25, -0.2) is 0 Å². The van der Waals surface area contributed by atoms with E-state index in [9.17, 15) is 14.9 Å². The van der Waals surface area contributed by atoms with Gasteiger partial charge in [-0.1, -0.05) is 24.3 Å². The van der Waals surface area contributed by atoms with Gasteiger partial charge in [-0.2, -0.15) is 5.26 Å². The first-order valence-corrected chi connectivity index (χ1v) is 12.7. The molecule has 0 fully saturated rings. The highest BCUT2D eigenvalue weighted by Gasteiger charge is 2.15. The standard InChI is InChI=1S/C28H25Br2N3O3/c1-16-7-5-9-24(18(16)3)32-26(34)15-36-27-22(29)12-20(13-23(27)30)11-21(14-31)28(35)33-25-10-6-8-17(2)19(25)4/h5-13H,15H2,1-4H3,(H,32,34)(H,33,35)/b21-11-. The number of hydrogen-bond donors (Lipinski definition) is 2. The molecule has 0 aliphatic carbocycles. The molecule has 0 radical (unpaired) electrons. The van der Waals surface area contributed by atoms with Crippen LogP contribution >= 0.6 is 31.9 Å². The third-order valence-electron chi connectivity index (χ3n) is 5.78. The van der Waals surface area contributed by atoms with Gasteiger partial charge in [0.1, 0.15) is 17.4 Å². The van der Waals surface area contributed by atoms with Gasteiger partial charge in [-0.15, -0.1) is 0 Å². The molecule has 0 atom stereocenters. The zero-order valence-corrected chi connectivity index (χ0v) is 23.5. The minimum atomic E-state index is -0.498. The molecule has 3 aromatic rings. The van der Waals surface area contributed by atoms with Crippen LogP contribution in [0.1, 0.15) is 27.8 Å². The second-order valence-electron chi connectivity index (χ2n) is 8.27. The normalized spacial score (nSPS) is 11.0. The van der Waals surface area contributed by atoms with E-state index in [0.717, 1.165) is 27.9 Å². The summed E-state index contributed by atoms with van der Waals surface area (Å²) >= 11 is 6.91. The van der Waals surface area contributed by atoms with Crippen molar-refractivity contribution in [1.29, 1.82) is 5.26 Å². The number of rotatable bonds is 7. The molecule has 0 saturated carbocycles. The maximum absolute atomic E-state index is 12.7. The van der Waals surface area contributed by atoms with E-state index in [1.165, 1.54) is 6.08 Å². The van der Waals surface area contributed by atoms with Gasteiger partial charge in [0, 0.05) is 11.4 Å². The number of nitriles is 1. The largest absolute Gasteiger partial charge is 0.481 e. The fraction of sp³-hybridized carbons (Fsp3) is 0.179. The van der Waals surface area contributed by atoms with Crippen LogP contribution in [0.5, 0.6) is 5.75 Å². The van der Waals surface area contributed by atoms with E-state index in [1.54, 1.807) is 18.2 Å². The summed E-state index contributed by atoms with van der Waals surface area (Å²) in [6, 6.07) is 16.7. The molecule has 0 aliphatic rings. The molecule has 2 N–H and O–H groups in total. The molecule has 0 bridgehead atoms. The lowest BCUT2D eigenvalue weighted by atomic mass is 10.1. The molecule has 184 valence electrons. The summed E-state index contributed by atoms with van der Waals surface area (Å²) in [5.41, 5.74) is 6.03. The molecule has 3 rings (SSSR count). The maximum atomic E-state index is 12.7. The number of amides is 2. The summed E-state index contributed by atoms with van der Waals surface area (Å²) in [5.74, 6) is -0.357. The summed E-state index contributed by atoms with van der Waals surface area (Å²) in [7, 11) is 0. The number of benzene rings is 3. The molecule has 0 heterocycles. The predicted molar refractivity (Wildman–Crippen MR) is 150 cm³/mol. The van der Waals surface area contributed by atoms with Crippen LogP contribution in [0.4, 0.5) is 11.4 Å². The van der Waals surface area contributed by atoms with Crippen LogP contribution < -0.4 is 15.4 Å². The SMILES string of the molecule is Cc1cccc(NC(=O)COc2c(Br)cc(/C=C(/C#N)C(=O)Nc3cccc(C)c3C)cc2Br)c1C. The van der Waals surface area contributed by atoms with Crippen molar-refractivity contribution in [3.63, 3.8) is 0 Å². The van der Waals surface area contributed by atoms with Crippen molar-refractivity contribution in [3.8, 4) is 11.8 Å². The molecule has 0 saturated heterocycles. The van der Waals surface area contributed by atoms with Crippen LogP contribution in [0.2, 0.25) is 0 Å². The minimum absolute atomic E-state index is 0.0451. The Morgan fingerprint density at radius 1 is 0.917 bits per heavy atom. The van der Waals surface area contributed by atoms with Gasteiger partial charge >= 0.3 is 0 Å². The lowest BCUT2D eigenvalue weighted by molar-refractivity contribution is -0.118. The first-order valence-electron chi connectivity index (χ1n) is 11.1. The number of anilines is 2. The van der Waals surface area contributed by atoms with Gasteiger partial charge in [-0.05, 0) is 118 Å². The van der Waals surface area contributed by atoms with E-state index in [0.29, 0.717) is 25.9 Å². The van der Waals surface area contributed by atoms with Crippen LogP contribution in [0.25, 0.3) is 6.08 Å². The number of carbonyl (C=O) groups excluding carboxylic acids is 2. The summed E-state index contributed by atoms with van der Waals surface area (Å²) in [4.78, 5) is 25.2. The number of halogens is 2. The fourth-order valence-corrected chi connectivity index (χ4v) is 4.85. The number of aryl methyl sites for hydroxylation is 2. The first-order chi connectivity index (χ1) is 17.1. The Kier molecular flexibility index (Phi) is 9.08. The fourth-order valence-electron chi connectivity index (χ4n) is 3.40. The van der Waals surface area contributed by atoms with E-state index < -0.39 is 5.91 Å². The quantitative estimate of drug-likeness (QED) is 0.222. The second kappa shape index (κ2) is 12.0. The number of nitrogens with zero attached hydrogens (tertiary/aromatic N) is 1. The third-order valence-corrected chi connectivity index (χ3v) is 6.95. The minimum Gasteiger partial charge on any atom is -0.481 e. The molecule has 0 unspecified atom stereocenters. The molecule has 36 heavy (non-hydrogen) atoms. The Morgan fingerprint density at radius 2 is 1.44 bits per heavy atom. The lowest BCUT2D eigenvalue weighted by Gasteiger charge is -2.13. The summed E-state index contributed by atoms with van der Waals surface area (Å²) in [6.07, 6.45) is 1.49. The van der Waals surface area contributed by atoms with Crippen molar-refractivity contribution < 1.29 is 14.3 Å². The first kappa shape index (κ1) is 27.2. The van der Waals surface area contributed by atoms with Crippen LogP contribution in [0.3, 0.4) is 0 Å². The van der Waals surface area contributed by atoms with Crippen molar-refractivity contribution in [2.45, 2.75) is 27.7 Å². The number of carbonyl (C=O) groups is 2. The van der Waals surface area contributed by atoms with Crippen molar-refractivity contribution in [2.24, 2.45) is 0 Å². The highest BCUT2D eigenvalue weighted by atomic mass is 79.9. The van der Waals surface area contributed by atoms with Gasteiger partial charge < -0.3 is 15.4 Å². The Labute approximate surface area is 227 Å². The molecule has 8 heteroatoms. The number of hydrogen-bond acceptors (Lipinski definition) is 4. The summed E-state index contributed by atoms with van der Waals surface area (Å²) in [6.45, 7) is 7.61. The van der Waals surface area contributed by atoms with E-state index >= 15 is 0 Å². The van der Waals surface area contributed by atoms with E-state index in [1.807, 2.05) is 64.1 Å². The van der Waals surface area contributed by atoms with Crippen molar-refractivity contribution in [1.82, 2.24) is 0 Å². The molecular formula is C28H25Br2N3O3. The summed E-state index contributed by atoms with van der Waals surface area (Å²) in [5, 5.41) is 15.2. The molecule has 0 spiro atoms. The second-order valence-corrected chi connectivity index (χ2v) is 9.98. The highest BCUT2D eigenvalue weighted by molar-refractivity contribution is 9.11. The number of ether oxygens (including phenoxy) is 1. The van der Waals surface area contributed by atoms with Gasteiger partial charge in [0.25, 0.3) is 11.8 Å². The smallest absolute Gasteiger partial charge is 0.266 e. The van der Waals surface area contributed by atoms with E-state index in [2.05, 4.69) is 42.5 Å². The zero-order valence-electron chi connectivity index (χ0n) is 20.3. The topological polar surface area (TPSA) is 91.2 Å². The van der Waals surface area contributed by atoms with Gasteiger partial charge in [0.05, 0.1) is 8.95 Å². The Balaban J connectivity index is 1.72. The van der Waals surface area contributed by atoms with Gasteiger partial charge in [-0.3, -0.25) is 9.59 Å². The zero-order chi connectivity index (χ0) is 26.4. The molecule has 0 aliphatic heterocycles. The van der Waals surface area contributed by atoms with Crippen molar-refractivity contribution in [3.05, 3.63) is 90.9 Å². The maximum Gasteiger partial charge on any atom is 0.266 e. The molecule has 6 nitrogen and oxygen atoms in total. The van der Waals surface area contributed by atoms with Gasteiger partial charge in [0.15, 0.2) is 6.61 Å². The average molecular weight is 611 g/mol. The highest BCUT2D eigenvalue weighted by Crippen LogP contribution is 2.35. The lowest BCUT2D eigenvalue weighted by Crippen LogP contribution is -2.21. The molecular weight excluding hydrogens is 586 g/mol. The van der Waals surface area contributed by atoms with E-state index in [-0.39, 0.29) is 18.1 Å². The van der Waals surface area contributed by atoms with Crippen LogP contribution in [-0.2, 0) is 9.59 Å². The van der Waals surface area contributed by atoms with Crippen molar-refractivity contribution in [2.75, 3.05) is 17.2 Å². The van der Waals surface area contributed by atoms with Crippen LogP contribution in [0.15, 0.2) is 63.0 Å². The molecule has 3 aromatic carbocycles. The Bertz CT molecular complexity index is 1380. The third kappa shape index (κ3) is 6.62. The molecule has 2 amide bonds. The Morgan fingerprint density at radius 3 is 1.97 bits per heavy atom. The van der Waals surface area contributed by atoms with Gasteiger partial charge in [0.2, 0.25) is 0 Å². The monoisotopic (exact) mass is 609 g/mol. The number of nitrogens with one attached hydrogen (secondary N) is 2. The Hall–Kier alpha value is -3.41. The van der Waals surface area contributed by atoms with Crippen LogP contribution in [-0.4, -0.2) is 18.4 Å². The van der Waals surface area contributed by atoms with Crippen molar-refractivity contribution >= 4 is 61.1 Å². The molecule has 0 aromatic heterocycles. The summed E-state index contributed by atoms with van der Waals surface area (Å²) < 4.78 is 6.87. The predicted octanol–water partition coefficient (Wildman–Crippen LogP) is 7.01. The average Bonchev–Trinajstić information content (AvgIpc) is 2.82. The van der Waals surface area contributed by atoms with Crippen LogP contribution in [0, 0.1) is 39.0 Å².